The normalized spacial score (nSPS) is 10.0. The van der Waals surface area contributed by atoms with Crippen LogP contribution in [0.5, 0.6) is 11.5 Å². The fourth-order valence-corrected chi connectivity index (χ4v) is 2.75. The summed E-state index contributed by atoms with van der Waals surface area (Å²) in [6, 6.07) is 29.5. The predicted molar refractivity (Wildman–Crippen MR) is 116 cm³/mol. The van der Waals surface area contributed by atoms with Crippen molar-refractivity contribution in [2.24, 2.45) is 0 Å². The van der Waals surface area contributed by atoms with Gasteiger partial charge in [0.2, 0.25) is 0 Å². The number of para-hydroxylation sites is 2. The number of nitrogens with two attached hydrogens (primary N) is 2. The second-order valence-corrected chi connectivity index (χ2v) is 6.28. The molecular weight excluding hydrogens is 348 g/mol. The van der Waals surface area contributed by atoms with Crippen LogP contribution in [0.2, 0.25) is 0 Å². The third kappa shape index (κ3) is 4.62. The number of hydrogen-bond donors (Lipinski definition) is 4. The minimum Gasteiger partial charge on any atom is -0.507 e. The van der Waals surface area contributed by atoms with Crippen molar-refractivity contribution in [2.75, 3.05) is 11.5 Å². The standard InChI is InChI=1S/C12H12N2.C12H10O2/c13-11-5-1-9(2-6-11)10-3-7-12(14)8-4-10;13-11-7-3-1-5-9(11)10-6-2-4-8-12(10)14/h1-8H,13-14H2;1-8,13-14H. The molecule has 28 heavy (non-hydrogen) atoms. The number of phenolic OH excluding ortho intramolecular Hbond substituents is 2. The fourth-order valence-electron chi connectivity index (χ4n) is 2.75. The van der Waals surface area contributed by atoms with Gasteiger partial charge in [-0.05, 0) is 47.5 Å². The second-order valence-electron chi connectivity index (χ2n) is 6.28. The van der Waals surface area contributed by atoms with Crippen LogP contribution in [0.25, 0.3) is 22.3 Å². The van der Waals surface area contributed by atoms with Crippen molar-refractivity contribution < 1.29 is 10.2 Å². The predicted octanol–water partition coefficient (Wildman–Crippen LogP) is 5.28. The molecular formula is C24H22N2O2. The Morgan fingerprint density at radius 3 is 1.07 bits per heavy atom. The van der Waals surface area contributed by atoms with Crippen LogP contribution in [0.1, 0.15) is 0 Å². The third-order valence-electron chi connectivity index (χ3n) is 4.25. The van der Waals surface area contributed by atoms with Gasteiger partial charge < -0.3 is 21.7 Å². The molecule has 4 aromatic rings. The van der Waals surface area contributed by atoms with E-state index in [9.17, 15) is 10.2 Å². The van der Waals surface area contributed by atoms with E-state index >= 15 is 0 Å². The molecule has 4 aromatic carbocycles. The Labute approximate surface area is 164 Å². The molecule has 0 bridgehead atoms. The van der Waals surface area contributed by atoms with Crippen molar-refractivity contribution in [1.29, 1.82) is 0 Å². The summed E-state index contributed by atoms with van der Waals surface area (Å²) < 4.78 is 0. The average Bonchev–Trinajstić information content (AvgIpc) is 2.71. The van der Waals surface area contributed by atoms with Crippen LogP contribution < -0.4 is 11.5 Å². The fraction of sp³-hybridized carbons (Fsp3) is 0. The van der Waals surface area contributed by atoms with Crippen LogP contribution in [0.4, 0.5) is 11.4 Å². The number of nitrogen functional groups attached to an aromatic ring is 2. The zero-order chi connectivity index (χ0) is 19.9. The van der Waals surface area contributed by atoms with E-state index in [1.54, 1.807) is 36.4 Å². The Hall–Kier alpha value is -3.92. The lowest BCUT2D eigenvalue weighted by atomic mass is 10.0. The highest BCUT2D eigenvalue weighted by Crippen LogP contribution is 2.34. The van der Waals surface area contributed by atoms with E-state index in [4.69, 9.17) is 11.5 Å². The Balaban J connectivity index is 0.000000161. The topological polar surface area (TPSA) is 92.5 Å². The van der Waals surface area contributed by atoms with Gasteiger partial charge in [0.05, 0.1) is 0 Å². The molecule has 140 valence electrons. The summed E-state index contributed by atoms with van der Waals surface area (Å²) in [6.45, 7) is 0. The summed E-state index contributed by atoms with van der Waals surface area (Å²) >= 11 is 0. The molecule has 0 saturated heterocycles. The maximum atomic E-state index is 9.58. The second kappa shape index (κ2) is 8.64. The first kappa shape index (κ1) is 18.9. The molecule has 0 heterocycles. The molecule has 0 spiro atoms. The van der Waals surface area contributed by atoms with Crippen molar-refractivity contribution in [3.8, 4) is 33.8 Å². The van der Waals surface area contributed by atoms with Crippen molar-refractivity contribution >= 4 is 11.4 Å². The molecule has 0 atom stereocenters. The minimum atomic E-state index is 0.175. The van der Waals surface area contributed by atoms with E-state index in [-0.39, 0.29) is 11.5 Å². The maximum absolute atomic E-state index is 9.58. The summed E-state index contributed by atoms with van der Waals surface area (Å²) in [5, 5.41) is 19.2. The molecule has 0 radical (unpaired) electrons. The Kier molecular flexibility index (Phi) is 5.82. The lowest BCUT2D eigenvalue weighted by molar-refractivity contribution is 0.469. The van der Waals surface area contributed by atoms with Gasteiger partial charge in [0.25, 0.3) is 0 Å². The van der Waals surface area contributed by atoms with E-state index in [1.165, 1.54) is 0 Å². The lowest BCUT2D eigenvalue weighted by Crippen LogP contribution is -1.85. The first-order valence-corrected chi connectivity index (χ1v) is 8.82. The number of benzene rings is 4. The first-order valence-electron chi connectivity index (χ1n) is 8.82. The average molecular weight is 370 g/mol. The molecule has 0 amide bonds. The van der Waals surface area contributed by atoms with Crippen LogP contribution >= 0.6 is 0 Å². The Morgan fingerprint density at radius 2 is 0.750 bits per heavy atom. The summed E-state index contributed by atoms with van der Waals surface area (Å²) in [5.41, 5.74) is 16.4. The monoisotopic (exact) mass is 370 g/mol. The van der Waals surface area contributed by atoms with Gasteiger partial charge in [-0.1, -0.05) is 60.7 Å². The molecule has 0 aromatic heterocycles. The molecule has 0 aliphatic rings. The smallest absolute Gasteiger partial charge is 0.123 e. The molecule has 0 aliphatic heterocycles. The van der Waals surface area contributed by atoms with Gasteiger partial charge in [-0.25, -0.2) is 0 Å². The Bertz CT molecular complexity index is 956. The van der Waals surface area contributed by atoms with Crippen molar-refractivity contribution in [2.45, 2.75) is 0 Å². The third-order valence-corrected chi connectivity index (χ3v) is 4.25. The minimum absolute atomic E-state index is 0.175. The quantitative estimate of drug-likeness (QED) is 0.361. The van der Waals surface area contributed by atoms with Crippen LogP contribution in [0, 0.1) is 0 Å². The van der Waals surface area contributed by atoms with Gasteiger partial charge in [0, 0.05) is 22.5 Å². The number of rotatable bonds is 2. The summed E-state index contributed by atoms with van der Waals surface area (Å²) in [7, 11) is 0. The summed E-state index contributed by atoms with van der Waals surface area (Å²) in [4.78, 5) is 0. The number of anilines is 2. The highest BCUT2D eigenvalue weighted by molar-refractivity contribution is 5.74. The van der Waals surface area contributed by atoms with Crippen LogP contribution in [0.3, 0.4) is 0 Å². The maximum Gasteiger partial charge on any atom is 0.123 e. The van der Waals surface area contributed by atoms with E-state index in [2.05, 4.69) is 0 Å². The van der Waals surface area contributed by atoms with Crippen LogP contribution in [-0.4, -0.2) is 10.2 Å². The summed E-state index contributed by atoms with van der Waals surface area (Å²) in [6.07, 6.45) is 0. The molecule has 4 heteroatoms. The molecule has 4 rings (SSSR count). The Morgan fingerprint density at radius 1 is 0.429 bits per heavy atom. The van der Waals surface area contributed by atoms with E-state index < -0.39 is 0 Å². The molecule has 6 N–H and O–H groups in total. The van der Waals surface area contributed by atoms with E-state index in [0.29, 0.717) is 11.1 Å². The van der Waals surface area contributed by atoms with Crippen LogP contribution in [-0.2, 0) is 0 Å². The van der Waals surface area contributed by atoms with Gasteiger partial charge in [-0.3, -0.25) is 0 Å². The SMILES string of the molecule is Nc1ccc(-c2ccc(N)cc2)cc1.Oc1ccccc1-c1ccccc1O. The first-order chi connectivity index (χ1) is 13.5. The zero-order valence-electron chi connectivity index (χ0n) is 15.3. The highest BCUT2D eigenvalue weighted by Gasteiger charge is 2.06. The van der Waals surface area contributed by atoms with Gasteiger partial charge in [-0.2, -0.15) is 0 Å². The summed E-state index contributed by atoms with van der Waals surface area (Å²) in [5.74, 6) is 0.350. The largest absolute Gasteiger partial charge is 0.507 e. The van der Waals surface area contributed by atoms with Gasteiger partial charge in [0.1, 0.15) is 11.5 Å². The van der Waals surface area contributed by atoms with Crippen molar-refractivity contribution in [1.82, 2.24) is 0 Å². The molecule has 0 saturated carbocycles. The molecule has 0 aliphatic carbocycles. The molecule has 0 unspecified atom stereocenters. The number of hydrogen-bond acceptors (Lipinski definition) is 4. The van der Waals surface area contributed by atoms with Gasteiger partial charge >= 0.3 is 0 Å². The number of phenols is 2. The van der Waals surface area contributed by atoms with Gasteiger partial charge in [-0.15, -0.1) is 0 Å². The van der Waals surface area contributed by atoms with E-state index in [0.717, 1.165) is 22.5 Å². The van der Waals surface area contributed by atoms with E-state index in [1.807, 2.05) is 60.7 Å². The van der Waals surface area contributed by atoms with Crippen molar-refractivity contribution in [3.05, 3.63) is 97.1 Å². The zero-order valence-corrected chi connectivity index (χ0v) is 15.3. The van der Waals surface area contributed by atoms with Gasteiger partial charge in [0.15, 0.2) is 0 Å². The molecule has 0 fully saturated rings. The number of aromatic hydroxyl groups is 2. The molecule has 4 nitrogen and oxygen atoms in total. The highest BCUT2D eigenvalue weighted by atomic mass is 16.3. The van der Waals surface area contributed by atoms with Crippen molar-refractivity contribution in [3.63, 3.8) is 0 Å². The van der Waals surface area contributed by atoms with Crippen LogP contribution in [0.15, 0.2) is 97.1 Å². The lowest BCUT2D eigenvalue weighted by Gasteiger charge is -2.05.